The second kappa shape index (κ2) is 8.59. The highest BCUT2D eigenvalue weighted by Gasteiger charge is 2.28. The molecule has 3 rings (SSSR count). The molecule has 2 aromatic rings. The molecule has 0 N–H and O–H groups in total. The van der Waals surface area contributed by atoms with Crippen LogP contribution in [0.4, 0.5) is 0 Å². The van der Waals surface area contributed by atoms with Crippen molar-refractivity contribution in [2.75, 3.05) is 18.8 Å². The van der Waals surface area contributed by atoms with E-state index in [9.17, 15) is 8.42 Å². The van der Waals surface area contributed by atoms with E-state index >= 15 is 0 Å². The fourth-order valence-electron chi connectivity index (χ4n) is 3.34. The zero-order chi connectivity index (χ0) is 19.4. The van der Waals surface area contributed by atoms with Crippen molar-refractivity contribution < 1.29 is 13.2 Å². The summed E-state index contributed by atoms with van der Waals surface area (Å²) in [5.74, 6) is 1.12. The van der Waals surface area contributed by atoms with E-state index < -0.39 is 9.84 Å². The Hall–Kier alpha value is -1.63. The molecule has 0 aliphatic carbocycles. The molecule has 1 atom stereocenters. The maximum Gasteiger partial charge on any atom is 0.195 e. The van der Waals surface area contributed by atoms with Gasteiger partial charge in [-0.2, -0.15) is 0 Å². The van der Waals surface area contributed by atoms with Gasteiger partial charge in [-0.25, -0.2) is 13.4 Å². The Morgan fingerprint density at radius 2 is 1.96 bits per heavy atom. The van der Waals surface area contributed by atoms with E-state index in [-0.39, 0.29) is 22.8 Å². The Balaban J connectivity index is 1.54. The molecule has 0 amide bonds. The second-order valence-corrected chi connectivity index (χ2v) is 9.71. The van der Waals surface area contributed by atoms with Crippen LogP contribution in [0, 0.1) is 5.92 Å². The minimum Gasteiger partial charge on any atom is -0.491 e. The molecule has 1 fully saturated rings. The molecule has 0 radical (unpaired) electrons. The third kappa shape index (κ3) is 5.67. The maximum atomic E-state index is 12.6. The van der Waals surface area contributed by atoms with Crippen LogP contribution < -0.4 is 4.74 Å². The fourth-order valence-corrected chi connectivity index (χ4v) is 5.00. The van der Waals surface area contributed by atoms with E-state index in [0.29, 0.717) is 5.02 Å². The predicted molar refractivity (Wildman–Crippen MR) is 107 cm³/mol. The molecule has 0 saturated carbocycles. The van der Waals surface area contributed by atoms with Crippen LogP contribution in [-0.4, -0.2) is 43.2 Å². The quantitative estimate of drug-likeness (QED) is 0.697. The molecule has 7 heteroatoms. The number of sulfone groups is 1. The number of pyridine rings is 1. The lowest BCUT2D eigenvalue weighted by atomic mass is 10.1. The highest BCUT2D eigenvalue weighted by molar-refractivity contribution is 7.91. The zero-order valence-corrected chi connectivity index (χ0v) is 17.2. The molecule has 1 aliphatic heterocycles. The monoisotopic (exact) mass is 408 g/mol. The average molecular weight is 409 g/mol. The average Bonchev–Trinajstić information content (AvgIpc) is 3.03. The summed E-state index contributed by atoms with van der Waals surface area (Å²) in [6, 6.07) is 11.2. The lowest BCUT2D eigenvalue weighted by molar-refractivity contribution is 0.242. The molecule has 2 heterocycles. The first-order chi connectivity index (χ1) is 12.8. The van der Waals surface area contributed by atoms with Gasteiger partial charge in [0, 0.05) is 19.3 Å². The van der Waals surface area contributed by atoms with Crippen molar-refractivity contribution in [2.45, 2.75) is 37.9 Å². The normalized spacial score (nSPS) is 18.1. The van der Waals surface area contributed by atoms with Gasteiger partial charge in [-0.05, 0) is 62.6 Å². The Morgan fingerprint density at radius 1 is 1.22 bits per heavy atom. The SMILES string of the molecule is CC(C)Oc1ccc(CN2CC[C@@H](CS(=O)(=O)c3ccc(Cl)cn3)C2)cc1. The van der Waals surface area contributed by atoms with Gasteiger partial charge in [-0.3, -0.25) is 4.90 Å². The summed E-state index contributed by atoms with van der Waals surface area (Å²) >= 11 is 5.79. The number of ether oxygens (including phenoxy) is 1. The molecule has 0 bridgehead atoms. The highest BCUT2D eigenvalue weighted by Crippen LogP contribution is 2.24. The topological polar surface area (TPSA) is 59.5 Å². The van der Waals surface area contributed by atoms with Crippen molar-refractivity contribution in [3.63, 3.8) is 0 Å². The van der Waals surface area contributed by atoms with Gasteiger partial charge in [0.2, 0.25) is 0 Å². The van der Waals surface area contributed by atoms with E-state index in [1.807, 2.05) is 26.0 Å². The van der Waals surface area contributed by atoms with Crippen molar-refractivity contribution in [2.24, 2.45) is 5.92 Å². The molecule has 5 nitrogen and oxygen atoms in total. The van der Waals surface area contributed by atoms with E-state index in [2.05, 4.69) is 22.0 Å². The van der Waals surface area contributed by atoms with Crippen LogP contribution in [-0.2, 0) is 16.4 Å². The molecular weight excluding hydrogens is 384 g/mol. The lowest BCUT2D eigenvalue weighted by Gasteiger charge is -2.17. The molecule has 146 valence electrons. The molecule has 27 heavy (non-hydrogen) atoms. The summed E-state index contributed by atoms with van der Waals surface area (Å²) in [7, 11) is -3.39. The number of benzene rings is 1. The van der Waals surface area contributed by atoms with Crippen LogP contribution in [0.3, 0.4) is 0 Å². The van der Waals surface area contributed by atoms with Crippen LogP contribution in [0.2, 0.25) is 5.02 Å². The molecule has 1 aromatic heterocycles. The van der Waals surface area contributed by atoms with Gasteiger partial charge < -0.3 is 4.74 Å². The van der Waals surface area contributed by atoms with Crippen molar-refractivity contribution in [1.29, 1.82) is 0 Å². The minimum atomic E-state index is -3.39. The Morgan fingerprint density at radius 3 is 2.59 bits per heavy atom. The van der Waals surface area contributed by atoms with Crippen molar-refractivity contribution in [3.8, 4) is 5.75 Å². The van der Waals surface area contributed by atoms with Gasteiger partial charge >= 0.3 is 0 Å². The first kappa shape index (κ1) is 20.1. The number of likely N-dealkylation sites (tertiary alicyclic amines) is 1. The standard InChI is InChI=1S/C20H25ClN2O3S/c1-15(2)26-19-6-3-16(4-7-19)12-23-10-9-17(13-23)14-27(24,25)20-8-5-18(21)11-22-20/h3-8,11,15,17H,9-10,12-14H2,1-2H3/t17-/m1/s1. The summed E-state index contributed by atoms with van der Waals surface area (Å²) in [5.41, 5.74) is 1.20. The first-order valence-corrected chi connectivity index (χ1v) is 11.2. The van der Waals surface area contributed by atoms with Crippen LogP contribution >= 0.6 is 11.6 Å². The van der Waals surface area contributed by atoms with Gasteiger partial charge in [-0.1, -0.05) is 23.7 Å². The molecular formula is C20H25ClN2O3S. The first-order valence-electron chi connectivity index (χ1n) is 9.14. The van der Waals surface area contributed by atoms with Gasteiger partial charge in [0.15, 0.2) is 14.9 Å². The highest BCUT2D eigenvalue weighted by atomic mass is 35.5. The summed E-state index contributed by atoms with van der Waals surface area (Å²) in [6.45, 7) is 6.50. The van der Waals surface area contributed by atoms with Crippen molar-refractivity contribution in [3.05, 3.63) is 53.2 Å². The van der Waals surface area contributed by atoms with Crippen molar-refractivity contribution in [1.82, 2.24) is 9.88 Å². The van der Waals surface area contributed by atoms with E-state index in [4.69, 9.17) is 16.3 Å². The number of aromatic nitrogens is 1. The number of rotatable bonds is 7. The Kier molecular flexibility index (Phi) is 6.40. The third-order valence-corrected chi connectivity index (χ3v) is 6.56. The number of halogens is 1. The largest absolute Gasteiger partial charge is 0.491 e. The zero-order valence-electron chi connectivity index (χ0n) is 15.6. The van der Waals surface area contributed by atoms with E-state index in [1.165, 1.54) is 17.8 Å². The smallest absolute Gasteiger partial charge is 0.195 e. The molecule has 0 spiro atoms. The maximum absolute atomic E-state index is 12.6. The minimum absolute atomic E-state index is 0.103. The second-order valence-electron chi connectivity index (χ2n) is 7.30. The fraction of sp³-hybridized carbons (Fsp3) is 0.450. The van der Waals surface area contributed by atoms with Crippen LogP contribution in [0.25, 0.3) is 0 Å². The lowest BCUT2D eigenvalue weighted by Crippen LogP contribution is -2.23. The van der Waals surface area contributed by atoms with Gasteiger partial charge in [0.1, 0.15) is 5.75 Å². The van der Waals surface area contributed by atoms with E-state index in [1.54, 1.807) is 6.07 Å². The number of nitrogens with zero attached hydrogens (tertiary/aromatic N) is 2. The van der Waals surface area contributed by atoms with E-state index in [0.717, 1.165) is 31.8 Å². The molecule has 1 aliphatic rings. The van der Waals surface area contributed by atoms with Crippen LogP contribution in [0.5, 0.6) is 5.75 Å². The Bertz CT molecular complexity index is 852. The van der Waals surface area contributed by atoms with Gasteiger partial charge in [0.25, 0.3) is 0 Å². The summed E-state index contributed by atoms with van der Waals surface area (Å²) in [6.07, 6.45) is 2.41. The Labute approximate surface area is 166 Å². The number of hydrogen-bond donors (Lipinski definition) is 0. The summed E-state index contributed by atoms with van der Waals surface area (Å²) in [4.78, 5) is 6.26. The molecule has 1 saturated heterocycles. The van der Waals surface area contributed by atoms with Gasteiger partial charge in [-0.15, -0.1) is 0 Å². The molecule has 0 unspecified atom stereocenters. The summed E-state index contributed by atoms with van der Waals surface area (Å²) < 4.78 is 30.8. The van der Waals surface area contributed by atoms with Crippen LogP contribution in [0.15, 0.2) is 47.6 Å². The molecule has 1 aromatic carbocycles. The third-order valence-electron chi connectivity index (χ3n) is 4.55. The van der Waals surface area contributed by atoms with Crippen LogP contribution in [0.1, 0.15) is 25.8 Å². The number of hydrogen-bond acceptors (Lipinski definition) is 5. The van der Waals surface area contributed by atoms with Gasteiger partial charge in [0.05, 0.1) is 16.9 Å². The summed E-state index contributed by atoms with van der Waals surface area (Å²) in [5, 5.41) is 0.539. The van der Waals surface area contributed by atoms with Crippen molar-refractivity contribution >= 4 is 21.4 Å². The predicted octanol–water partition coefficient (Wildman–Crippen LogP) is 3.82.